The first-order valence-corrected chi connectivity index (χ1v) is 7.34. The molecule has 0 aliphatic heterocycles. The normalized spacial score (nSPS) is 10.6. The van der Waals surface area contributed by atoms with E-state index in [2.05, 4.69) is 5.32 Å². The number of amides is 1. The van der Waals surface area contributed by atoms with Crippen LogP contribution in [0.2, 0.25) is 5.02 Å². The van der Waals surface area contributed by atoms with E-state index in [0.29, 0.717) is 24.5 Å². The van der Waals surface area contributed by atoms with Gasteiger partial charge in [-0.25, -0.2) is 0 Å². The lowest BCUT2D eigenvalue weighted by atomic mass is 10.1. The summed E-state index contributed by atoms with van der Waals surface area (Å²) >= 11 is 5.89. The number of nitrogens with one attached hydrogen (secondary N) is 1. The molecule has 1 rings (SSSR count). The van der Waals surface area contributed by atoms with Crippen molar-refractivity contribution in [2.24, 2.45) is 0 Å². The molecule has 0 saturated carbocycles. The minimum Gasteiger partial charge on any atom is -0.480 e. The van der Waals surface area contributed by atoms with Gasteiger partial charge < -0.3 is 10.4 Å². The quantitative estimate of drug-likeness (QED) is 0.729. The third kappa shape index (κ3) is 7.68. The number of benzene rings is 1. The van der Waals surface area contributed by atoms with Crippen molar-refractivity contribution in [2.45, 2.75) is 19.8 Å². The van der Waals surface area contributed by atoms with Crippen LogP contribution in [-0.4, -0.2) is 48.1 Å². The van der Waals surface area contributed by atoms with E-state index in [0.717, 1.165) is 12.0 Å². The Kier molecular flexibility index (Phi) is 7.79. The molecule has 0 aromatic heterocycles. The van der Waals surface area contributed by atoms with Gasteiger partial charge in [0.2, 0.25) is 5.91 Å². The highest BCUT2D eigenvalue weighted by atomic mass is 35.5. The van der Waals surface area contributed by atoms with Gasteiger partial charge in [-0.3, -0.25) is 14.5 Å². The van der Waals surface area contributed by atoms with Gasteiger partial charge in [0.25, 0.3) is 0 Å². The number of hydrogen-bond acceptors (Lipinski definition) is 3. The van der Waals surface area contributed by atoms with Crippen LogP contribution >= 0.6 is 11.6 Å². The Labute approximate surface area is 129 Å². The van der Waals surface area contributed by atoms with Crippen molar-refractivity contribution >= 4 is 23.5 Å². The zero-order valence-corrected chi connectivity index (χ0v) is 12.9. The molecule has 0 radical (unpaired) electrons. The van der Waals surface area contributed by atoms with Crippen molar-refractivity contribution in [2.75, 3.05) is 26.2 Å². The van der Waals surface area contributed by atoms with Crippen LogP contribution in [0.15, 0.2) is 24.3 Å². The molecule has 0 fully saturated rings. The van der Waals surface area contributed by atoms with Crippen LogP contribution in [0, 0.1) is 0 Å². The van der Waals surface area contributed by atoms with Gasteiger partial charge in [0.05, 0.1) is 13.1 Å². The lowest BCUT2D eigenvalue weighted by Gasteiger charge is -2.18. The smallest absolute Gasteiger partial charge is 0.317 e. The Morgan fingerprint density at radius 1 is 1.33 bits per heavy atom. The maximum Gasteiger partial charge on any atom is 0.317 e. The number of halogens is 1. The van der Waals surface area contributed by atoms with Gasteiger partial charge in [0.15, 0.2) is 0 Å². The van der Waals surface area contributed by atoms with Gasteiger partial charge in [0.1, 0.15) is 0 Å². The van der Waals surface area contributed by atoms with Crippen LogP contribution in [-0.2, 0) is 16.0 Å². The largest absolute Gasteiger partial charge is 0.480 e. The second kappa shape index (κ2) is 9.37. The van der Waals surface area contributed by atoms with E-state index in [1.165, 1.54) is 0 Å². The fraction of sp³-hybridized carbons (Fsp3) is 0.467. The maximum absolute atomic E-state index is 11.8. The Bertz CT molecular complexity index is 480. The van der Waals surface area contributed by atoms with Gasteiger partial charge >= 0.3 is 5.97 Å². The molecule has 0 atom stereocenters. The second-order valence-corrected chi connectivity index (χ2v) is 5.27. The highest BCUT2D eigenvalue weighted by Gasteiger charge is 2.12. The summed E-state index contributed by atoms with van der Waals surface area (Å²) in [7, 11) is 0. The summed E-state index contributed by atoms with van der Waals surface area (Å²) in [4.78, 5) is 24.1. The van der Waals surface area contributed by atoms with Crippen LogP contribution < -0.4 is 5.32 Å². The van der Waals surface area contributed by atoms with Crippen molar-refractivity contribution < 1.29 is 14.7 Å². The maximum atomic E-state index is 11.8. The summed E-state index contributed by atoms with van der Waals surface area (Å²) in [5, 5.41) is 12.3. The molecule has 0 saturated heterocycles. The molecule has 2 N–H and O–H groups in total. The average molecular weight is 313 g/mol. The van der Waals surface area contributed by atoms with E-state index in [-0.39, 0.29) is 19.0 Å². The van der Waals surface area contributed by atoms with Gasteiger partial charge in [-0.2, -0.15) is 0 Å². The predicted octanol–water partition coefficient (Wildman–Crippen LogP) is 1.80. The van der Waals surface area contributed by atoms with E-state index in [9.17, 15) is 9.59 Å². The van der Waals surface area contributed by atoms with Crippen molar-refractivity contribution in [1.29, 1.82) is 0 Å². The van der Waals surface area contributed by atoms with Crippen LogP contribution in [0.3, 0.4) is 0 Å². The number of carboxylic acids is 1. The average Bonchev–Trinajstić information content (AvgIpc) is 2.38. The first-order valence-electron chi connectivity index (χ1n) is 6.96. The molecule has 6 heteroatoms. The molecule has 1 aromatic carbocycles. The standard InChI is InChI=1S/C15H21ClN2O3/c1-2-8-18(11-15(20)21)10-14(19)17-7-6-12-4-3-5-13(16)9-12/h3-5,9H,2,6-8,10-11H2,1H3,(H,17,19)(H,20,21). The van der Waals surface area contributed by atoms with Crippen molar-refractivity contribution in [3.05, 3.63) is 34.9 Å². The van der Waals surface area contributed by atoms with Crippen LogP contribution in [0.25, 0.3) is 0 Å². The van der Waals surface area contributed by atoms with Gasteiger partial charge in [0, 0.05) is 11.6 Å². The van der Waals surface area contributed by atoms with E-state index < -0.39 is 5.97 Å². The summed E-state index contributed by atoms with van der Waals surface area (Å²) in [6.07, 6.45) is 1.50. The highest BCUT2D eigenvalue weighted by molar-refractivity contribution is 6.30. The predicted molar refractivity (Wildman–Crippen MR) is 82.5 cm³/mol. The Balaban J connectivity index is 2.33. The van der Waals surface area contributed by atoms with E-state index in [1.54, 1.807) is 11.0 Å². The molecule has 0 spiro atoms. The van der Waals surface area contributed by atoms with Crippen molar-refractivity contribution in [3.8, 4) is 0 Å². The lowest BCUT2D eigenvalue weighted by molar-refractivity contribution is -0.138. The number of carbonyl (C=O) groups excluding carboxylic acids is 1. The molecule has 0 aliphatic rings. The number of carbonyl (C=O) groups is 2. The summed E-state index contributed by atoms with van der Waals surface area (Å²) in [5.41, 5.74) is 1.05. The molecule has 0 aliphatic carbocycles. The van der Waals surface area contributed by atoms with E-state index >= 15 is 0 Å². The first kappa shape index (κ1) is 17.5. The molecule has 116 valence electrons. The Morgan fingerprint density at radius 3 is 2.71 bits per heavy atom. The Morgan fingerprint density at radius 2 is 2.10 bits per heavy atom. The zero-order chi connectivity index (χ0) is 15.7. The molecule has 1 aromatic rings. The van der Waals surface area contributed by atoms with Crippen LogP contribution in [0.4, 0.5) is 0 Å². The van der Waals surface area contributed by atoms with Gasteiger partial charge in [-0.05, 0) is 37.1 Å². The Hall–Kier alpha value is -1.59. The molecule has 0 heterocycles. The number of nitrogens with zero attached hydrogens (tertiary/aromatic N) is 1. The topological polar surface area (TPSA) is 69.6 Å². The molecular formula is C15H21ClN2O3. The monoisotopic (exact) mass is 312 g/mol. The zero-order valence-electron chi connectivity index (χ0n) is 12.1. The van der Waals surface area contributed by atoms with E-state index in [4.69, 9.17) is 16.7 Å². The lowest BCUT2D eigenvalue weighted by Crippen LogP contribution is -2.40. The molecule has 21 heavy (non-hydrogen) atoms. The fourth-order valence-electron chi connectivity index (χ4n) is 2.02. The number of carboxylic acid groups (broad SMARTS) is 1. The first-order chi connectivity index (χ1) is 10.0. The minimum atomic E-state index is -0.921. The number of aliphatic carboxylic acids is 1. The minimum absolute atomic E-state index is 0.107. The van der Waals surface area contributed by atoms with Gasteiger partial charge in [-0.15, -0.1) is 0 Å². The fourth-order valence-corrected chi connectivity index (χ4v) is 2.23. The molecule has 5 nitrogen and oxygen atoms in total. The highest BCUT2D eigenvalue weighted by Crippen LogP contribution is 2.10. The number of hydrogen-bond donors (Lipinski definition) is 2. The van der Waals surface area contributed by atoms with Crippen LogP contribution in [0.5, 0.6) is 0 Å². The molecule has 1 amide bonds. The molecule has 0 unspecified atom stereocenters. The molecular weight excluding hydrogens is 292 g/mol. The van der Waals surface area contributed by atoms with E-state index in [1.807, 2.05) is 25.1 Å². The van der Waals surface area contributed by atoms with Crippen molar-refractivity contribution in [1.82, 2.24) is 10.2 Å². The summed E-state index contributed by atoms with van der Waals surface area (Å²) < 4.78 is 0. The van der Waals surface area contributed by atoms with Crippen LogP contribution in [0.1, 0.15) is 18.9 Å². The third-order valence-electron chi connectivity index (χ3n) is 2.89. The summed E-state index contributed by atoms with van der Waals surface area (Å²) in [6, 6.07) is 7.49. The summed E-state index contributed by atoms with van der Waals surface area (Å²) in [6.45, 7) is 3.04. The second-order valence-electron chi connectivity index (χ2n) is 4.83. The SMILES string of the molecule is CCCN(CC(=O)O)CC(=O)NCCc1cccc(Cl)c1. The third-order valence-corrected chi connectivity index (χ3v) is 3.13. The molecule has 0 bridgehead atoms. The van der Waals surface area contributed by atoms with Gasteiger partial charge in [-0.1, -0.05) is 30.7 Å². The van der Waals surface area contributed by atoms with Crippen molar-refractivity contribution in [3.63, 3.8) is 0 Å². The number of rotatable bonds is 9. The summed E-state index contributed by atoms with van der Waals surface area (Å²) in [5.74, 6) is -1.08.